The molecular weight excluding hydrogens is 384 g/mol. The number of thiazole rings is 1. The lowest BCUT2D eigenvalue weighted by molar-refractivity contribution is -0.117. The summed E-state index contributed by atoms with van der Waals surface area (Å²) in [7, 11) is 1.65. The maximum atomic E-state index is 12.8. The number of rotatable bonds is 7. The molecule has 1 heterocycles. The summed E-state index contributed by atoms with van der Waals surface area (Å²) in [6, 6.07) is 10.1. The molecule has 0 unspecified atom stereocenters. The van der Waals surface area contributed by atoms with Crippen molar-refractivity contribution in [1.29, 1.82) is 0 Å². The number of aromatic nitrogens is 1. The summed E-state index contributed by atoms with van der Waals surface area (Å²) in [4.78, 5) is 18.0. The van der Waals surface area contributed by atoms with Crippen LogP contribution in [-0.2, 0) is 22.5 Å². The lowest BCUT2D eigenvalue weighted by Crippen LogP contribution is -2.20. The standard InChI is InChI=1S/C23H28N2O3S/c1-6-28-10-9-25-20-8-7-18(27-5)13-21(20)29-23(25)24-22(26)14-19-16(3)11-15(2)12-17(19)4/h7-8,11-13H,6,9-10,14H2,1-5H3. The van der Waals surface area contributed by atoms with Gasteiger partial charge in [-0.15, -0.1) is 0 Å². The van der Waals surface area contributed by atoms with Crippen LogP contribution in [0.15, 0.2) is 35.3 Å². The van der Waals surface area contributed by atoms with Crippen molar-refractivity contribution in [2.75, 3.05) is 20.3 Å². The topological polar surface area (TPSA) is 52.8 Å². The quantitative estimate of drug-likeness (QED) is 0.542. The lowest BCUT2D eigenvalue weighted by atomic mass is 9.97. The molecule has 0 bridgehead atoms. The van der Waals surface area contributed by atoms with Gasteiger partial charge in [-0.25, -0.2) is 0 Å². The second-order valence-electron chi connectivity index (χ2n) is 7.13. The van der Waals surface area contributed by atoms with Crippen molar-refractivity contribution in [2.24, 2.45) is 4.99 Å². The Morgan fingerprint density at radius 1 is 1.14 bits per heavy atom. The van der Waals surface area contributed by atoms with E-state index in [9.17, 15) is 4.79 Å². The van der Waals surface area contributed by atoms with Crippen molar-refractivity contribution < 1.29 is 14.3 Å². The first-order valence-corrected chi connectivity index (χ1v) is 10.6. The highest BCUT2D eigenvalue weighted by molar-refractivity contribution is 7.16. The first kappa shape index (κ1) is 21.3. The van der Waals surface area contributed by atoms with Gasteiger partial charge in [-0.2, -0.15) is 4.99 Å². The molecule has 0 radical (unpaired) electrons. The number of carbonyl (C=O) groups is 1. The lowest BCUT2D eigenvalue weighted by Gasteiger charge is -2.09. The van der Waals surface area contributed by atoms with Crippen LogP contribution in [0.1, 0.15) is 29.2 Å². The van der Waals surface area contributed by atoms with Crippen molar-refractivity contribution in [2.45, 2.75) is 40.7 Å². The van der Waals surface area contributed by atoms with Crippen LogP contribution in [0.2, 0.25) is 0 Å². The molecule has 29 heavy (non-hydrogen) atoms. The molecule has 1 aromatic heterocycles. The SMILES string of the molecule is CCOCCn1c(=NC(=O)Cc2c(C)cc(C)cc2C)sc2cc(OC)ccc21. The minimum Gasteiger partial charge on any atom is -0.497 e. The fraction of sp³-hybridized carbons (Fsp3) is 0.391. The number of hydrogen-bond acceptors (Lipinski definition) is 4. The molecule has 0 aliphatic heterocycles. The second kappa shape index (κ2) is 9.37. The highest BCUT2D eigenvalue weighted by Crippen LogP contribution is 2.23. The predicted molar refractivity (Wildman–Crippen MR) is 118 cm³/mol. The largest absolute Gasteiger partial charge is 0.497 e. The van der Waals surface area contributed by atoms with Crippen molar-refractivity contribution in [3.8, 4) is 5.75 Å². The summed E-state index contributed by atoms with van der Waals surface area (Å²) >= 11 is 1.50. The number of nitrogens with zero attached hydrogens (tertiary/aromatic N) is 2. The van der Waals surface area contributed by atoms with E-state index in [1.807, 2.05) is 25.1 Å². The first-order chi connectivity index (χ1) is 13.9. The Morgan fingerprint density at radius 3 is 2.52 bits per heavy atom. The Morgan fingerprint density at radius 2 is 1.86 bits per heavy atom. The molecule has 3 rings (SSSR count). The minimum absolute atomic E-state index is 0.135. The van der Waals surface area contributed by atoms with Gasteiger partial charge in [0.15, 0.2) is 4.80 Å². The van der Waals surface area contributed by atoms with E-state index in [1.54, 1.807) is 7.11 Å². The van der Waals surface area contributed by atoms with Gasteiger partial charge in [0.05, 0.1) is 30.4 Å². The van der Waals surface area contributed by atoms with Crippen molar-refractivity contribution in [1.82, 2.24) is 4.57 Å². The van der Waals surface area contributed by atoms with E-state index in [0.29, 0.717) is 31.0 Å². The molecule has 154 valence electrons. The number of benzene rings is 2. The van der Waals surface area contributed by atoms with Crippen LogP contribution in [0.3, 0.4) is 0 Å². The van der Waals surface area contributed by atoms with Gasteiger partial charge in [0.25, 0.3) is 5.91 Å². The Kier molecular flexibility index (Phi) is 6.87. The third-order valence-electron chi connectivity index (χ3n) is 4.94. The zero-order chi connectivity index (χ0) is 21.0. The van der Waals surface area contributed by atoms with Gasteiger partial charge in [-0.3, -0.25) is 4.79 Å². The molecule has 2 aromatic carbocycles. The zero-order valence-electron chi connectivity index (χ0n) is 17.7. The fourth-order valence-corrected chi connectivity index (χ4v) is 4.67. The van der Waals surface area contributed by atoms with Crippen molar-refractivity contribution in [3.63, 3.8) is 0 Å². The Hall–Kier alpha value is -2.44. The number of ether oxygens (including phenoxy) is 2. The van der Waals surface area contributed by atoms with Gasteiger partial charge in [0, 0.05) is 13.2 Å². The highest BCUT2D eigenvalue weighted by Gasteiger charge is 2.12. The number of aryl methyl sites for hydroxylation is 3. The third kappa shape index (κ3) is 4.95. The van der Waals surface area contributed by atoms with E-state index >= 15 is 0 Å². The molecule has 0 saturated carbocycles. The van der Waals surface area contributed by atoms with E-state index in [2.05, 4.69) is 42.5 Å². The van der Waals surface area contributed by atoms with Gasteiger partial charge < -0.3 is 14.0 Å². The van der Waals surface area contributed by atoms with Gasteiger partial charge in [-0.1, -0.05) is 29.0 Å². The summed E-state index contributed by atoms with van der Waals surface area (Å²) in [6.07, 6.45) is 0.307. The normalized spacial score (nSPS) is 12.0. The van der Waals surface area contributed by atoms with Crippen molar-refractivity contribution >= 4 is 27.5 Å². The maximum absolute atomic E-state index is 12.8. The van der Waals surface area contributed by atoms with Gasteiger partial charge in [0.2, 0.25) is 0 Å². The summed E-state index contributed by atoms with van der Waals surface area (Å²) < 4.78 is 14.0. The van der Waals surface area contributed by atoms with Crippen LogP contribution >= 0.6 is 11.3 Å². The highest BCUT2D eigenvalue weighted by atomic mass is 32.1. The van der Waals surface area contributed by atoms with Crippen LogP contribution in [-0.4, -0.2) is 30.8 Å². The minimum atomic E-state index is -0.135. The van der Waals surface area contributed by atoms with E-state index in [-0.39, 0.29) is 5.91 Å². The number of fused-ring (bicyclic) bond motifs is 1. The van der Waals surface area contributed by atoms with Crippen molar-refractivity contribution in [3.05, 3.63) is 57.4 Å². The van der Waals surface area contributed by atoms with Crippen LogP contribution < -0.4 is 9.54 Å². The summed E-state index contributed by atoms with van der Waals surface area (Å²) in [6.45, 7) is 10.0. The molecule has 0 aliphatic rings. The van der Waals surface area contributed by atoms with E-state index in [4.69, 9.17) is 9.47 Å². The van der Waals surface area contributed by atoms with Crippen LogP contribution in [0.4, 0.5) is 0 Å². The Bertz CT molecular complexity index is 1070. The third-order valence-corrected chi connectivity index (χ3v) is 5.98. The zero-order valence-corrected chi connectivity index (χ0v) is 18.6. The molecule has 0 aliphatic carbocycles. The molecule has 1 amide bonds. The average molecular weight is 413 g/mol. The molecule has 0 spiro atoms. The van der Waals surface area contributed by atoms with Gasteiger partial charge in [0.1, 0.15) is 5.75 Å². The van der Waals surface area contributed by atoms with Crippen LogP contribution in [0.5, 0.6) is 5.75 Å². The number of methoxy groups -OCH3 is 1. The van der Waals surface area contributed by atoms with E-state index in [0.717, 1.165) is 32.7 Å². The second-order valence-corrected chi connectivity index (χ2v) is 8.14. The summed E-state index contributed by atoms with van der Waals surface area (Å²) in [5, 5.41) is 0. The maximum Gasteiger partial charge on any atom is 0.252 e. The van der Waals surface area contributed by atoms with Gasteiger partial charge in [-0.05, 0) is 62.6 Å². The fourth-order valence-electron chi connectivity index (χ4n) is 3.57. The molecule has 0 fully saturated rings. The summed E-state index contributed by atoms with van der Waals surface area (Å²) in [5.41, 5.74) is 5.57. The average Bonchev–Trinajstić information content (AvgIpc) is 3.01. The van der Waals surface area contributed by atoms with Gasteiger partial charge >= 0.3 is 0 Å². The molecule has 6 heteroatoms. The molecule has 0 atom stereocenters. The van der Waals surface area contributed by atoms with E-state index < -0.39 is 0 Å². The molecule has 5 nitrogen and oxygen atoms in total. The van der Waals surface area contributed by atoms with E-state index in [1.165, 1.54) is 16.9 Å². The molecular formula is C23H28N2O3S. The summed E-state index contributed by atoms with van der Waals surface area (Å²) in [5.74, 6) is 0.656. The Labute approximate surface area is 175 Å². The molecule has 3 aromatic rings. The number of amides is 1. The predicted octanol–water partition coefficient (Wildman–Crippen LogP) is 4.34. The van der Waals surface area contributed by atoms with Crippen LogP contribution in [0.25, 0.3) is 10.2 Å². The first-order valence-electron chi connectivity index (χ1n) is 9.82. The monoisotopic (exact) mass is 412 g/mol. The molecule has 0 N–H and O–H groups in total. The molecule has 0 saturated heterocycles. The van der Waals surface area contributed by atoms with Crippen LogP contribution in [0, 0.1) is 20.8 Å². The Balaban J connectivity index is 1.99. The number of carbonyl (C=O) groups excluding carboxylic acids is 1. The number of hydrogen-bond donors (Lipinski definition) is 0. The smallest absolute Gasteiger partial charge is 0.252 e.